The second kappa shape index (κ2) is 10.1. The van der Waals surface area contributed by atoms with E-state index in [0.717, 1.165) is 41.9 Å². The van der Waals surface area contributed by atoms with Crippen molar-refractivity contribution < 1.29 is 19.1 Å². The van der Waals surface area contributed by atoms with Crippen LogP contribution in [0.15, 0.2) is 42.7 Å². The van der Waals surface area contributed by atoms with E-state index >= 15 is 0 Å². The van der Waals surface area contributed by atoms with Crippen molar-refractivity contribution in [2.24, 2.45) is 0 Å². The normalized spacial score (nSPS) is 18.7. The summed E-state index contributed by atoms with van der Waals surface area (Å²) in [6, 6.07) is 8.82. The highest BCUT2D eigenvalue weighted by atomic mass is 16.5. The van der Waals surface area contributed by atoms with Crippen LogP contribution in [0.5, 0.6) is 11.5 Å². The molecule has 2 aromatic heterocycles. The molecule has 200 valence electrons. The van der Waals surface area contributed by atoms with Gasteiger partial charge in [0.25, 0.3) is 0 Å². The van der Waals surface area contributed by atoms with Crippen LogP contribution in [0.2, 0.25) is 0 Å². The van der Waals surface area contributed by atoms with Gasteiger partial charge in [0.05, 0.1) is 37.7 Å². The Morgan fingerprint density at radius 1 is 1.13 bits per heavy atom. The van der Waals surface area contributed by atoms with E-state index in [1.807, 2.05) is 48.9 Å². The van der Waals surface area contributed by atoms with Crippen LogP contribution >= 0.6 is 0 Å². The van der Waals surface area contributed by atoms with Gasteiger partial charge in [-0.1, -0.05) is 13.0 Å². The molecule has 1 aromatic carbocycles. The van der Waals surface area contributed by atoms with Gasteiger partial charge in [-0.15, -0.1) is 0 Å². The van der Waals surface area contributed by atoms with Crippen LogP contribution in [-0.4, -0.2) is 58.1 Å². The number of carbonyl (C=O) groups is 2. The molecular formula is C29H35N5O4. The monoisotopic (exact) mass is 517 g/mol. The zero-order chi connectivity index (χ0) is 27.0. The average molecular weight is 518 g/mol. The number of imidazole rings is 1. The Bertz CT molecular complexity index is 1350. The minimum absolute atomic E-state index is 0.0348. The molecule has 2 atom stereocenters. The third-order valence-electron chi connectivity index (χ3n) is 7.85. The predicted octanol–water partition coefficient (Wildman–Crippen LogP) is 4.38. The Morgan fingerprint density at radius 3 is 2.55 bits per heavy atom. The van der Waals surface area contributed by atoms with Gasteiger partial charge in [0, 0.05) is 23.9 Å². The Morgan fingerprint density at radius 2 is 1.89 bits per heavy atom. The molecule has 38 heavy (non-hydrogen) atoms. The molecule has 9 nitrogen and oxygen atoms in total. The van der Waals surface area contributed by atoms with Crippen LogP contribution in [-0.2, 0) is 15.0 Å². The van der Waals surface area contributed by atoms with Gasteiger partial charge in [0.1, 0.15) is 6.04 Å². The molecule has 0 radical (unpaired) electrons. The Labute approximate surface area is 223 Å². The molecule has 3 heterocycles. The summed E-state index contributed by atoms with van der Waals surface area (Å²) in [5, 5.41) is 3.04. The van der Waals surface area contributed by atoms with E-state index in [-0.39, 0.29) is 17.2 Å². The summed E-state index contributed by atoms with van der Waals surface area (Å²) in [5.74, 6) is 0.870. The molecule has 2 aliphatic rings. The maximum atomic E-state index is 13.6. The zero-order valence-corrected chi connectivity index (χ0v) is 22.7. The van der Waals surface area contributed by atoms with Gasteiger partial charge < -0.3 is 14.4 Å². The van der Waals surface area contributed by atoms with Crippen molar-refractivity contribution >= 4 is 17.8 Å². The van der Waals surface area contributed by atoms with Gasteiger partial charge in [-0.3, -0.25) is 24.5 Å². The van der Waals surface area contributed by atoms with Crippen LogP contribution in [0, 0.1) is 6.92 Å². The Hall–Kier alpha value is -3.88. The lowest BCUT2D eigenvalue weighted by Gasteiger charge is -2.27. The molecule has 1 aliphatic heterocycles. The number of hydrogen-bond acceptors (Lipinski definition) is 6. The minimum Gasteiger partial charge on any atom is -0.493 e. The maximum Gasteiger partial charge on any atom is 0.249 e. The lowest BCUT2D eigenvalue weighted by molar-refractivity contribution is -0.137. The number of likely N-dealkylation sites (tertiary alicyclic amines) is 1. The van der Waals surface area contributed by atoms with Crippen LogP contribution in [0.25, 0.3) is 5.69 Å². The maximum absolute atomic E-state index is 13.6. The Kier molecular flexibility index (Phi) is 6.86. The molecule has 1 saturated heterocycles. The summed E-state index contributed by atoms with van der Waals surface area (Å²) in [6.07, 6.45) is 7.29. The second-order valence-electron chi connectivity index (χ2n) is 10.6. The van der Waals surface area contributed by atoms with Crippen LogP contribution in [0.1, 0.15) is 62.4 Å². The summed E-state index contributed by atoms with van der Waals surface area (Å²) in [5.41, 5.74) is 3.54. The number of amides is 2. The van der Waals surface area contributed by atoms with Crippen molar-refractivity contribution in [2.45, 2.75) is 63.8 Å². The molecule has 2 amide bonds. The summed E-state index contributed by atoms with van der Waals surface area (Å²) < 4.78 is 12.6. The largest absolute Gasteiger partial charge is 0.493 e. The molecule has 0 spiro atoms. The minimum atomic E-state index is -0.564. The molecule has 2 fully saturated rings. The zero-order valence-electron chi connectivity index (χ0n) is 22.7. The van der Waals surface area contributed by atoms with E-state index in [4.69, 9.17) is 14.5 Å². The molecule has 0 bridgehead atoms. The molecule has 1 N–H and O–H groups in total. The predicted molar refractivity (Wildman–Crippen MR) is 144 cm³/mol. The molecule has 1 unspecified atom stereocenters. The van der Waals surface area contributed by atoms with Gasteiger partial charge in [-0.2, -0.15) is 0 Å². The standard InChI is InChI=1S/C29H35N5O4/c1-18-8-10-21(16-30-18)34-17-25(29(3)12-13-29)31-28(34)32-26(35)22-7-6-14-33(22)27(36)19(2)20-9-11-23(37-4)24(15-20)38-5/h8-11,15-17,19,22H,6-7,12-14H2,1-5H3,(H,31,32,35)/t19?,22-/m1/s1. The van der Waals surface area contributed by atoms with Crippen LogP contribution < -0.4 is 14.8 Å². The molecule has 3 aromatic rings. The third-order valence-corrected chi connectivity index (χ3v) is 7.85. The molecule has 9 heteroatoms. The molecule has 1 aliphatic carbocycles. The number of aromatic nitrogens is 3. The summed E-state index contributed by atoms with van der Waals surface area (Å²) >= 11 is 0. The highest BCUT2D eigenvalue weighted by Gasteiger charge is 2.42. The van der Waals surface area contributed by atoms with Crippen LogP contribution in [0.4, 0.5) is 5.95 Å². The number of anilines is 1. The SMILES string of the molecule is COc1ccc(C(C)C(=O)N2CCC[C@@H]2C(=O)Nc2nc(C3(C)CC3)cn2-c2ccc(C)nc2)cc1OC. The van der Waals surface area contributed by atoms with E-state index in [9.17, 15) is 9.59 Å². The van der Waals surface area contributed by atoms with Crippen LogP contribution in [0.3, 0.4) is 0 Å². The van der Waals surface area contributed by atoms with Crippen molar-refractivity contribution in [1.29, 1.82) is 0 Å². The quantitative estimate of drug-likeness (QED) is 0.476. The average Bonchev–Trinajstić information content (AvgIpc) is 3.31. The number of carbonyl (C=O) groups excluding carboxylic acids is 2. The first-order chi connectivity index (χ1) is 18.2. The van der Waals surface area contributed by atoms with Gasteiger partial charge in [-0.25, -0.2) is 4.98 Å². The highest BCUT2D eigenvalue weighted by Crippen LogP contribution is 2.47. The number of nitrogens with one attached hydrogen (secondary N) is 1. The number of hydrogen-bond donors (Lipinski definition) is 1. The summed E-state index contributed by atoms with van der Waals surface area (Å²) in [4.78, 5) is 38.1. The van der Waals surface area contributed by atoms with E-state index in [2.05, 4.69) is 17.2 Å². The van der Waals surface area contributed by atoms with Crippen molar-refractivity contribution in [3.05, 3.63) is 59.7 Å². The van der Waals surface area contributed by atoms with Crippen molar-refractivity contribution in [3.8, 4) is 17.2 Å². The molecule has 5 rings (SSSR count). The van der Waals surface area contributed by atoms with Gasteiger partial charge in [0.15, 0.2) is 11.5 Å². The smallest absolute Gasteiger partial charge is 0.249 e. The number of methoxy groups -OCH3 is 2. The molecular weight excluding hydrogens is 482 g/mol. The lowest BCUT2D eigenvalue weighted by Crippen LogP contribution is -2.45. The first kappa shape index (κ1) is 25.8. The number of rotatable bonds is 8. The van der Waals surface area contributed by atoms with Gasteiger partial charge in [0.2, 0.25) is 17.8 Å². The first-order valence-electron chi connectivity index (χ1n) is 13.1. The van der Waals surface area contributed by atoms with E-state index < -0.39 is 12.0 Å². The fraction of sp³-hybridized carbons (Fsp3) is 0.448. The number of aryl methyl sites for hydroxylation is 1. The third kappa shape index (κ3) is 4.85. The van der Waals surface area contributed by atoms with Crippen molar-refractivity contribution in [3.63, 3.8) is 0 Å². The highest BCUT2D eigenvalue weighted by molar-refractivity contribution is 5.97. The van der Waals surface area contributed by atoms with E-state index in [1.165, 1.54) is 0 Å². The topological polar surface area (TPSA) is 98.6 Å². The molecule has 1 saturated carbocycles. The number of pyridine rings is 1. The number of nitrogens with zero attached hydrogens (tertiary/aromatic N) is 4. The van der Waals surface area contributed by atoms with Gasteiger partial charge >= 0.3 is 0 Å². The first-order valence-corrected chi connectivity index (χ1v) is 13.1. The van der Waals surface area contributed by atoms with E-state index in [1.54, 1.807) is 31.4 Å². The fourth-order valence-electron chi connectivity index (χ4n) is 5.01. The van der Waals surface area contributed by atoms with Crippen molar-refractivity contribution in [2.75, 3.05) is 26.1 Å². The Balaban J connectivity index is 1.37. The second-order valence-corrected chi connectivity index (χ2v) is 10.6. The van der Waals surface area contributed by atoms with Crippen molar-refractivity contribution in [1.82, 2.24) is 19.4 Å². The fourth-order valence-corrected chi connectivity index (χ4v) is 5.01. The van der Waals surface area contributed by atoms with Gasteiger partial charge in [-0.05, 0) is 69.4 Å². The summed E-state index contributed by atoms with van der Waals surface area (Å²) in [6.45, 7) is 6.52. The van der Waals surface area contributed by atoms with E-state index in [0.29, 0.717) is 30.4 Å². The number of benzene rings is 1. The lowest BCUT2D eigenvalue weighted by atomic mass is 9.98. The number of ether oxygens (including phenoxy) is 2. The summed E-state index contributed by atoms with van der Waals surface area (Å²) in [7, 11) is 3.15.